The Labute approximate surface area is 121 Å². The van der Waals surface area contributed by atoms with Crippen molar-refractivity contribution in [3.63, 3.8) is 0 Å². The molecule has 1 fully saturated rings. The van der Waals surface area contributed by atoms with Crippen molar-refractivity contribution in [3.05, 3.63) is 38.9 Å². The third-order valence-corrected chi connectivity index (χ3v) is 3.99. The number of carbonyl (C=O) groups is 1. The number of nitrogens with zero attached hydrogens (tertiary/aromatic N) is 1. The highest BCUT2D eigenvalue weighted by Gasteiger charge is 2.37. The standard InChI is InChI=1S/C13H15ClN2O4/c1-20-13(5-2-6-13)8-15-12(17)10-4-3-9(16(18)19)7-11(10)14/h3-4,7H,2,5-6,8H2,1H3,(H,15,17). The lowest BCUT2D eigenvalue weighted by Crippen LogP contribution is -2.49. The quantitative estimate of drug-likeness (QED) is 0.669. The average Bonchev–Trinajstić information content (AvgIpc) is 2.37. The van der Waals surface area contributed by atoms with Crippen molar-refractivity contribution in [2.45, 2.75) is 24.9 Å². The van der Waals surface area contributed by atoms with E-state index in [1.807, 2.05) is 0 Å². The summed E-state index contributed by atoms with van der Waals surface area (Å²) in [6.45, 7) is 0.412. The molecule has 0 saturated heterocycles. The highest BCUT2D eigenvalue weighted by atomic mass is 35.5. The fourth-order valence-corrected chi connectivity index (χ4v) is 2.42. The van der Waals surface area contributed by atoms with Gasteiger partial charge in [-0.1, -0.05) is 11.6 Å². The van der Waals surface area contributed by atoms with E-state index in [9.17, 15) is 14.9 Å². The largest absolute Gasteiger partial charge is 0.376 e. The van der Waals surface area contributed by atoms with Crippen LogP contribution in [0.5, 0.6) is 0 Å². The molecule has 7 heteroatoms. The SMILES string of the molecule is COC1(CNC(=O)c2ccc([N+](=O)[O-])cc2Cl)CCC1. The summed E-state index contributed by atoms with van der Waals surface area (Å²) in [5.41, 5.74) is -0.190. The van der Waals surface area contributed by atoms with E-state index < -0.39 is 4.92 Å². The molecule has 0 radical (unpaired) electrons. The molecule has 0 unspecified atom stereocenters. The van der Waals surface area contributed by atoms with Crippen molar-refractivity contribution in [1.29, 1.82) is 0 Å². The van der Waals surface area contributed by atoms with E-state index in [2.05, 4.69) is 5.32 Å². The van der Waals surface area contributed by atoms with Crippen LogP contribution >= 0.6 is 11.6 Å². The molecule has 1 saturated carbocycles. The molecule has 108 valence electrons. The molecule has 1 aromatic rings. The molecule has 0 aromatic heterocycles. The first-order valence-corrected chi connectivity index (χ1v) is 6.62. The van der Waals surface area contributed by atoms with E-state index in [1.165, 1.54) is 18.2 Å². The second-order valence-electron chi connectivity index (χ2n) is 4.84. The highest BCUT2D eigenvalue weighted by molar-refractivity contribution is 6.34. The number of non-ortho nitro benzene ring substituents is 1. The molecule has 0 atom stereocenters. The number of nitro benzene ring substituents is 1. The Balaban J connectivity index is 2.04. The van der Waals surface area contributed by atoms with Crippen LogP contribution in [0.2, 0.25) is 5.02 Å². The van der Waals surface area contributed by atoms with Gasteiger partial charge >= 0.3 is 0 Å². The van der Waals surface area contributed by atoms with Gasteiger partial charge in [0.15, 0.2) is 0 Å². The zero-order valence-electron chi connectivity index (χ0n) is 11.0. The fourth-order valence-electron chi connectivity index (χ4n) is 2.16. The van der Waals surface area contributed by atoms with Crippen LogP contribution < -0.4 is 5.32 Å². The van der Waals surface area contributed by atoms with Crippen LogP contribution in [0, 0.1) is 10.1 Å². The lowest BCUT2D eigenvalue weighted by atomic mass is 9.80. The van der Waals surface area contributed by atoms with Crippen molar-refractivity contribution < 1.29 is 14.5 Å². The lowest BCUT2D eigenvalue weighted by molar-refractivity contribution is -0.384. The highest BCUT2D eigenvalue weighted by Crippen LogP contribution is 2.34. The number of halogens is 1. The van der Waals surface area contributed by atoms with Gasteiger partial charge < -0.3 is 10.1 Å². The third kappa shape index (κ3) is 2.91. The summed E-state index contributed by atoms with van der Waals surface area (Å²) in [4.78, 5) is 22.1. The molecule has 0 spiro atoms. The van der Waals surface area contributed by atoms with Crippen LogP contribution in [0.25, 0.3) is 0 Å². The molecule has 6 nitrogen and oxygen atoms in total. The number of amides is 1. The summed E-state index contributed by atoms with van der Waals surface area (Å²) in [5, 5.41) is 13.4. The van der Waals surface area contributed by atoms with Crippen molar-refractivity contribution in [2.75, 3.05) is 13.7 Å². The lowest BCUT2D eigenvalue weighted by Gasteiger charge is -2.40. The zero-order valence-corrected chi connectivity index (χ0v) is 11.8. The van der Waals surface area contributed by atoms with E-state index in [0.717, 1.165) is 19.3 Å². The van der Waals surface area contributed by atoms with Gasteiger partial charge in [0.2, 0.25) is 0 Å². The smallest absolute Gasteiger partial charge is 0.270 e. The number of hydrogen-bond donors (Lipinski definition) is 1. The zero-order chi connectivity index (χ0) is 14.8. The van der Waals surface area contributed by atoms with E-state index in [0.29, 0.717) is 6.54 Å². The Kier molecular flexibility index (Phi) is 4.25. The minimum Gasteiger partial charge on any atom is -0.376 e. The number of ether oxygens (including phenoxy) is 1. The van der Waals surface area contributed by atoms with E-state index >= 15 is 0 Å². The van der Waals surface area contributed by atoms with E-state index in [-0.39, 0.29) is 27.8 Å². The van der Waals surface area contributed by atoms with Crippen LogP contribution in [-0.4, -0.2) is 30.1 Å². The molecule has 0 aliphatic heterocycles. The summed E-state index contributed by atoms with van der Waals surface area (Å²) in [6, 6.07) is 3.79. The normalized spacial score (nSPS) is 16.3. The minimum absolute atomic E-state index is 0.0665. The molecule has 1 aromatic carbocycles. The van der Waals surface area contributed by atoms with Crippen LogP contribution in [0.4, 0.5) is 5.69 Å². The van der Waals surface area contributed by atoms with Gasteiger partial charge in [-0.05, 0) is 25.3 Å². The first-order valence-electron chi connectivity index (χ1n) is 6.25. The first kappa shape index (κ1) is 14.7. The van der Waals surface area contributed by atoms with E-state index in [4.69, 9.17) is 16.3 Å². The average molecular weight is 299 g/mol. The van der Waals surface area contributed by atoms with Gasteiger partial charge in [0.05, 0.1) is 21.1 Å². The first-order chi connectivity index (χ1) is 9.47. The Morgan fingerprint density at radius 3 is 2.70 bits per heavy atom. The van der Waals surface area contributed by atoms with Crippen LogP contribution in [-0.2, 0) is 4.74 Å². The van der Waals surface area contributed by atoms with Crippen molar-refractivity contribution in [3.8, 4) is 0 Å². The summed E-state index contributed by atoms with van der Waals surface area (Å²) in [6.07, 6.45) is 2.91. The number of carbonyl (C=O) groups excluding carboxylic acids is 1. The monoisotopic (exact) mass is 298 g/mol. The predicted octanol–water partition coefficient (Wildman–Crippen LogP) is 2.55. The van der Waals surface area contributed by atoms with Crippen molar-refractivity contribution >= 4 is 23.2 Å². The van der Waals surface area contributed by atoms with Gasteiger partial charge in [-0.2, -0.15) is 0 Å². The topological polar surface area (TPSA) is 81.5 Å². The predicted molar refractivity (Wildman–Crippen MR) is 74.0 cm³/mol. The van der Waals surface area contributed by atoms with Gasteiger partial charge in [0, 0.05) is 25.8 Å². The van der Waals surface area contributed by atoms with Gasteiger partial charge in [0.1, 0.15) is 0 Å². The van der Waals surface area contributed by atoms with Crippen LogP contribution in [0.1, 0.15) is 29.6 Å². The van der Waals surface area contributed by atoms with Gasteiger partial charge in [-0.25, -0.2) is 0 Å². The molecule has 1 aliphatic carbocycles. The Bertz CT molecular complexity index is 538. The summed E-state index contributed by atoms with van der Waals surface area (Å²) >= 11 is 5.90. The second kappa shape index (κ2) is 5.76. The summed E-state index contributed by atoms with van der Waals surface area (Å²) < 4.78 is 5.40. The molecule has 0 bridgehead atoms. The van der Waals surface area contributed by atoms with Crippen molar-refractivity contribution in [1.82, 2.24) is 5.32 Å². The van der Waals surface area contributed by atoms with Gasteiger partial charge in [-0.15, -0.1) is 0 Å². The molecule has 20 heavy (non-hydrogen) atoms. The number of nitro groups is 1. The second-order valence-corrected chi connectivity index (χ2v) is 5.25. The Hall–Kier alpha value is -1.66. The third-order valence-electron chi connectivity index (χ3n) is 3.68. The Morgan fingerprint density at radius 1 is 1.55 bits per heavy atom. The molecular formula is C13H15ClN2O4. The van der Waals surface area contributed by atoms with Gasteiger partial charge in [0.25, 0.3) is 11.6 Å². The number of rotatable bonds is 5. The van der Waals surface area contributed by atoms with Crippen LogP contribution in [0.3, 0.4) is 0 Å². The molecule has 1 N–H and O–H groups in total. The fraction of sp³-hybridized carbons (Fsp3) is 0.462. The van der Waals surface area contributed by atoms with Gasteiger partial charge in [-0.3, -0.25) is 14.9 Å². The number of benzene rings is 1. The number of hydrogen-bond acceptors (Lipinski definition) is 4. The molecular weight excluding hydrogens is 284 g/mol. The Morgan fingerprint density at radius 2 is 2.25 bits per heavy atom. The van der Waals surface area contributed by atoms with E-state index in [1.54, 1.807) is 7.11 Å². The molecule has 1 aliphatic rings. The molecule has 0 heterocycles. The summed E-state index contributed by atoms with van der Waals surface area (Å²) in [7, 11) is 1.63. The minimum atomic E-state index is -0.554. The molecule has 2 rings (SSSR count). The maximum atomic E-state index is 12.0. The van der Waals surface area contributed by atoms with Crippen molar-refractivity contribution in [2.24, 2.45) is 0 Å². The molecule has 1 amide bonds. The maximum absolute atomic E-state index is 12.0. The summed E-state index contributed by atoms with van der Waals surface area (Å²) in [5.74, 6) is -0.353. The van der Waals surface area contributed by atoms with Crippen LogP contribution in [0.15, 0.2) is 18.2 Å². The number of methoxy groups -OCH3 is 1. The number of nitrogens with one attached hydrogen (secondary N) is 1. The maximum Gasteiger partial charge on any atom is 0.270 e.